The smallest absolute Gasteiger partial charge is 0.0597 e. The minimum absolute atomic E-state index is 0.390. The Kier molecular flexibility index (Phi) is 2.95. The molecule has 1 saturated heterocycles. The highest BCUT2D eigenvalue weighted by atomic mass is 14.3. The average molecular weight is 173 g/mol. The number of hydrogen-bond donors (Lipinski definition) is 0. The first-order chi connectivity index (χ1) is 5.73. The van der Waals surface area contributed by atoms with Crippen molar-refractivity contribution < 1.29 is 0 Å². The Bertz CT molecular complexity index is 156. The van der Waals surface area contributed by atoms with Crippen LogP contribution in [-0.2, 0) is 0 Å². The Labute approximate surface area is 85.9 Å². The van der Waals surface area contributed by atoms with Crippen LogP contribution in [0, 0.1) is 10.8 Å². The summed E-state index contributed by atoms with van der Waals surface area (Å²) in [6.45, 7) is 14.0. The third kappa shape index (κ3) is 2.57. The van der Waals surface area contributed by atoms with Gasteiger partial charge in [0.15, 0.2) is 0 Å². The van der Waals surface area contributed by atoms with E-state index in [0.29, 0.717) is 22.5 Å². The molecule has 1 aliphatic heterocycles. The van der Waals surface area contributed by atoms with Crippen LogP contribution in [-0.4, -0.2) is 21.4 Å². The van der Waals surface area contributed by atoms with Crippen LogP contribution < -0.4 is 0 Å². The second-order valence-electron chi connectivity index (χ2n) is 6.36. The molecule has 0 aromatic rings. The maximum absolute atomic E-state index is 2.37. The van der Waals surface area contributed by atoms with Crippen molar-refractivity contribution >= 4 is 21.4 Å². The minimum atomic E-state index is 0.390. The van der Waals surface area contributed by atoms with Gasteiger partial charge in [-0.1, -0.05) is 53.2 Å². The molecule has 0 nitrogen and oxygen atoms in total. The van der Waals surface area contributed by atoms with E-state index in [1.165, 1.54) is 0 Å². The number of hydrogen-bond acceptors (Lipinski definition) is 0. The van der Waals surface area contributed by atoms with Gasteiger partial charge in [0, 0.05) is 7.06 Å². The predicted octanol–water partition coefficient (Wildman–Crippen LogP) is 2.61. The van der Waals surface area contributed by atoms with E-state index in [2.05, 4.69) is 62.9 Å². The molecule has 0 amide bonds. The fourth-order valence-corrected chi connectivity index (χ4v) is 2.20. The summed E-state index contributed by atoms with van der Waals surface area (Å²) in [5.74, 6) is 1.40. The van der Waals surface area contributed by atoms with Crippen molar-refractivity contribution in [1.29, 1.82) is 0 Å². The maximum atomic E-state index is 2.37. The molecule has 13 heavy (non-hydrogen) atoms. The van der Waals surface area contributed by atoms with Crippen LogP contribution >= 0.6 is 0 Å². The van der Waals surface area contributed by atoms with Crippen molar-refractivity contribution in [2.24, 2.45) is 10.8 Å². The molecule has 0 aliphatic carbocycles. The summed E-state index contributed by atoms with van der Waals surface area (Å²) < 4.78 is 0. The van der Waals surface area contributed by atoms with Gasteiger partial charge in [0.1, 0.15) is 0 Å². The average Bonchev–Trinajstić information content (AvgIpc) is 2.27. The van der Waals surface area contributed by atoms with Crippen molar-refractivity contribution in [3.05, 3.63) is 0 Å². The van der Waals surface area contributed by atoms with Crippen LogP contribution in [0.15, 0.2) is 0 Å². The zero-order valence-electron chi connectivity index (χ0n) is 9.89. The van der Waals surface area contributed by atoms with Gasteiger partial charge in [-0.3, -0.25) is 0 Å². The third-order valence-electron chi connectivity index (χ3n) is 3.02. The van der Waals surface area contributed by atoms with E-state index in [0.717, 1.165) is 0 Å². The van der Waals surface area contributed by atoms with Crippen LogP contribution in [0.2, 0.25) is 11.6 Å². The summed E-state index contributed by atoms with van der Waals surface area (Å²) in [6, 6.07) is 0. The third-order valence-corrected chi connectivity index (χ3v) is 3.02. The molecule has 0 spiro atoms. The van der Waals surface area contributed by atoms with E-state index in [1.54, 1.807) is 0 Å². The van der Waals surface area contributed by atoms with Crippen molar-refractivity contribution in [3.8, 4) is 0 Å². The topological polar surface area (TPSA) is 0 Å². The van der Waals surface area contributed by atoms with E-state index >= 15 is 0 Å². The molecule has 3 heteroatoms. The summed E-state index contributed by atoms with van der Waals surface area (Å²) in [7, 11) is 6.98. The Balaban J connectivity index is 2.76. The fraction of sp³-hybridized carbons (Fsp3) is 1.00. The zero-order chi connectivity index (χ0) is 10.3. The fourth-order valence-electron chi connectivity index (χ4n) is 2.20. The van der Waals surface area contributed by atoms with Gasteiger partial charge >= 0.3 is 0 Å². The molecule has 0 bridgehead atoms. The zero-order valence-corrected chi connectivity index (χ0v) is 9.89. The largest absolute Gasteiger partial charge is 0.0778 e. The van der Waals surface area contributed by atoms with E-state index < -0.39 is 0 Å². The summed E-state index contributed by atoms with van der Waals surface area (Å²) in [5.41, 5.74) is 0.781. The molecular weight excluding hydrogens is 153 g/mol. The Morgan fingerprint density at radius 1 is 0.692 bits per heavy atom. The lowest BCUT2D eigenvalue weighted by atomic mass is 9.23. The summed E-state index contributed by atoms with van der Waals surface area (Å²) in [5, 5.41) is 0. The Hall–Kier alpha value is 0.195. The highest BCUT2D eigenvalue weighted by molar-refractivity contribution is 7.32. The highest BCUT2D eigenvalue weighted by Gasteiger charge is 2.41. The van der Waals surface area contributed by atoms with Crippen molar-refractivity contribution in [2.45, 2.75) is 53.2 Å². The lowest BCUT2D eigenvalue weighted by Gasteiger charge is -2.40. The molecule has 0 saturated carbocycles. The first-order valence-corrected chi connectivity index (χ1v) is 5.24. The van der Waals surface area contributed by atoms with Gasteiger partial charge in [0.25, 0.3) is 0 Å². The van der Waals surface area contributed by atoms with E-state index in [4.69, 9.17) is 0 Å². The predicted molar refractivity (Wildman–Crippen MR) is 63.7 cm³/mol. The number of rotatable bonds is 0. The summed E-state index contributed by atoms with van der Waals surface area (Å²) in [4.78, 5) is 0. The van der Waals surface area contributed by atoms with E-state index in [-0.39, 0.29) is 0 Å². The normalized spacial score (nSPS) is 29.1. The molecule has 0 aromatic heterocycles. The summed E-state index contributed by atoms with van der Waals surface area (Å²) in [6.07, 6.45) is 0. The SMILES string of the molecule is CC(C)(C)C1[B][B][B]C1C(C)(C)C. The molecule has 2 atom stereocenters. The lowest BCUT2D eigenvalue weighted by molar-refractivity contribution is 0.277. The summed E-state index contributed by atoms with van der Waals surface area (Å²) >= 11 is 0. The standard InChI is InChI=1S/C10H20B3/c1-9(2,3)7-8(10(4,5)6)12-13-11-7/h7-8H,1-6H3. The van der Waals surface area contributed by atoms with Crippen LogP contribution in [0.25, 0.3) is 0 Å². The molecule has 0 aromatic carbocycles. The van der Waals surface area contributed by atoms with Crippen LogP contribution in [0.5, 0.6) is 0 Å². The van der Waals surface area contributed by atoms with Gasteiger partial charge in [-0.05, 0) is 10.8 Å². The van der Waals surface area contributed by atoms with Gasteiger partial charge < -0.3 is 0 Å². The lowest BCUT2D eigenvalue weighted by Crippen LogP contribution is -2.28. The van der Waals surface area contributed by atoms with Crippen LogP contribution in [0.4, 0.5) is 0 Å². The van der Waals surface area contributed by atoms with Crippen LogP contribution in [0.3, 0.4) is 0 Å². The molecule has 1 rings (SSSR count). The van der Waals surface area contributed by atoms with Crippen LogP contribution in [0.1, 0.15) is 41.5 Å². The van der Waals surface area contributed by atoms with Crippen molar-refractivity contribution in [2.75, 3.05) is 0 Å². The van der Waals surface area contributed by atoms with Gasteiger partial charge in [-0.15, -0.1) is 0 Å². The molecule has 1 fully saturated rings. The molecule has 0 N–H and O–H groups in total. The molecule has 3 radical (unpaired) electrons. The molecule has 1 aliphatic rings. The van der Waals surface area contributed by atoms with Crippen molar-refractivity contribution in [1.82, 2.24) is 0 Å². The Morgan fingerprint density at radius 2 is 1.00 bits per heavy atom. The van der Waals surface area contributed by atoms with Gasteiger partial charge in [-0.25, -0.2) is 0 Å². The molecule has 69 valence electrons. The van der Waals surface area contributed by atoms with E-state index in [9.17, 15) is 0 Å². The molecule has 2 unspecified atom stereocenters. The highest BCUT2D eigenvalue weighted by Crippen LogP contribution is 2.50. The quantitative estimate of drug-likeness (QED) is 0.493. The van der Waals surface area contributed by atoms with Gasteiger partial charge in [0.2, 0.25) is 0 Å². The van der Waals surface area contributed by atoms with Gasteiger partial charge in [-0.2, -0.15) is 0 Å². The second kappa shape index (κ2) is 3.40. The second-order valence-corrected chi connectivity index (χ2v) is 6.36. The minimum Gasteiger partial charge on any atom is -0.0778 e. The van der Waals surface area contributed by atoms with E-state index in [1.807, 2.05) is 0 Å². The monoisotopic (exact) mass is 173 g/mol. The van der Waals surface area contributed by atoms with Crippen molar-refractivity contribution in [3.63, 3.8) is 0 Å². The maximum Gasteiger partial charge on any atom is 0.0597 e. The first kappa shape index (κ1) is 11.3. The first-order valence-electron chi connectivity index (χ1n) is 5.24. The Morgan fingerprint density at radius 3 is 1.23 bits per heavy atom. The van der Waals surface area contributed by atoms with Gasteiger partial charge in [0.05, 0.1) is 14.3 Å². The molecular formula is C10H20B3. The molecule has 1 heterocycles.